The topological polar surface area (TPSA) is 154 Å². The van der Waals surface area contributed by atoms with Crippen LogP contribution in [0, 0.1) is 0 Å². The Morgan fingerprint density at radius 3 is 2.63 bits per heavy atom. The molecule has 1 amide bonds. The highest BCUT2D eigenvalue weighted by molar-refractivity contribution is 7.52. The molecule has 2 aliphatic rings. The number of aliphatic hydroxyl groups is 1. The van der Waals surface area contributed by atoms with Crippen molar-refractivity contribution in [1.82, 2.24) is 15.0 Å². The zero-order valence-corrected chi connectivity index (χ0v) is 24.5. The molecule has 1 fully saturated rings. The second-order valence-electron chi connectivity index (χ2n) is 10.0. The Balaban J connectivity index is 1.51. The maximum absolute atomic E-state index is 15.6. The van der Waals surface area contributed by atoms with Crippen molar-refractivity contribution >= 4 is 36.7 Å². The fourth-order valence-corrected chi connectivity index (χ4v) is 6.23. The summed E-state index contributed by atoms with van der Waals surface area (Å²) in [5.74, 6) is -1.74. The summed E-state index contributed by atoms with van der Waals surface area (Å²) in [5, 5.41) is 15.1. The summed E-state index contributed by atoms with van der Waals surface area (Å²) >= 11 is 1.43. The fourth-order valence-electron chi connectivity index (χ4n) is 4.17. The molecule has 0 bridgehead atoms. The largest absolute Gasteiger partial charge is 0.462 e. The lowest BCUT2D eigenvalue weighted by atomic mass is 9.97. The van der Waals surface area contributed by atoms with E-state index in [-0.39, 0.29) is 5.75 Å². The van der Waals surface area contributed by atoms with E-state index in [1.54, 1.807) is 31.5 Å². The third-order valence-corrected chi connectivity index (χ3v) is 8.51. The van der Waals surface area contributed by atoms with E-state index in [1.165, 1.54) is 30.4 Å². The van der Waals surface area contributed by atoms with Crippen LogP contribution in [0.15, 0.2) is 47.4 Å². The van der Waals surface area contributed by atoms with Crippen molar-refractivity contribution in [2.45, 2.75) is 70.4 Å². The van der Waals surface area contributed by atoms with Gasteiger partial charge in [0.1, 0.15) is 24.0 Å². The zero-order valence-electron chi connectivity index (χ0n) is 22.8. The Morgan fingerprint density at radius 1 is 1.32 bits per heavy atom. The van der Waals surface area contributed by atoms with Gasteiger partial charge in [0.05, 0.1) is 30.3 Å². The molecule has 222 valence electrons. The zero-order chi connectivity index (χ0) is 29.9. The molecule has 0 aliphatic carbocycles. The first kappa shape index (κ1) is 30.9. The normalized spacial score (nSPS) is 26.7. The average Bonchev–Trinajstić information content (AvgIpc) is 3.51. The Morgan fingerprint density at radius 2 is 2.02 bits per heavy atom. The van der Waals surface area contributed by atoms with Crippen LogP contribution >= 0.6 is 19.1 Å². The quantitative estimate of drug-likeness (QED) is 0.218. The molecule has 1 unspecified atom stereocenters. The molecular formula is C26H31FN3O9PS. The number of rotatable bonds is 11. The van der Waals surface area contributed by atoms with Gasteiger partial charge in [-0.3, -0.25) is 23.8 Å². The van der Waals surface area contributed by atoms with E-state index in [0.717, 1.165) is 35.4 Å². The predicted molar refractivity (Wildman–Crippen MR) is 145 cm³/mol. The van der Waals surface area contributed by atoms with E-state index in [4.69, 9.17) is 18.5 Å². The summed E-state index contributed by atoms with van der Waals surface area (Å²) in [5.41, 5.74) is 0.751. The molecule has 3 heterocycles. The number of nitrogens with zero attached hydrogens (tertiary/aromatic N) is 2. The third-order valence-electron chi connectivity index (χ3n) is 6.28. The van der Waals surface area contributed by atoms with Crippen LogP contribution in [0.25, 0.3) is 11.3 Å². The van der Waals surface area contributed by atoms with Crippen molar-refractivity contribution in [3.63, 3.8) is 0 Å². The van der Waals surface area contributed by atoms with E-state index in [2.05, 4.69) is 10.1 Å². The minimum Gasteiger partial charge on any atom is -0.462 e. The number of ether oxygens (including phenoxy) is 2. The molecule has 0 radical (unpaired) electrons. The maximum Gasteiger partial charge on any atom is 0.459 e. The number of hydrogen-bond acceptors (Lipinski definition) is 11. The second kappa shape index (κ2) is 12.5. The standard InChI is InChI=1S/C26H31FN3O9PS/c1-15(2)37-24(34)16(3)29-40(35,39-19-7-5-17(6-8-19)20-13-41-14-28-20)36-12-21-23(33)26(4,27)25(38-21)30-10-9-18(31)11-22(30)32/h5-10,13-16,21,23,25,33H,11-12H2,1-4H3,(H,29,35)/t16-,21+,23+,25+,26+,40?/m0/s1. The SMILES string of the molecule is CC(C)OC(=O)[C@H](C)NP(=O)(OC[C@H]1O[C@@H](N2C=CC(=O)CC2=O)[C@](C)(F)[C@@H]1O)Oc1ccc(-c2cscn2)cc1. The van der Waals surface area contributed by atoms with Crippen LogP contribution in [0.1, 0.15) is 34.1 Å². The van der Waals surface area contributed by atoms with Gasteiger partial charge in [-0.1, -0.05) is 0 Å². The number of halogens is 1. The summed E-state index contributed by atoms with van der Waals surface area (Å²) in [7, 11) is -4.38. The van der Waals surface area contributed by atoms with Crippen LogP contribution < -0.4 is 9.61 Å². The Labute approximate surface area is 240 Å². The minimum atomic E-state index is -4.38. The molecule has 1 aromatic heterocycles. The highest BCUT2D eigenvalue weighted by Crippen LogP contribution is 2.47. The first-order valence-corrected chi connectivity index (χ1v) is 15.2. The number of carbonyl (C=O) groups is 3. The number of carbonyl (C=O) groups excluding carboxylic acids is 3. The van der Waals surface area contributed by atoms with E-state index >= 15 is 4.39 Å². The third kappa shape index (κ3) is 7.26. The minimum absolute atomic E-state index is 0.124. The van der Waals surface area contributed by atoms with Gasteiger partial charge in [0.2, 0.25) is 5.91 Å². The van der Waals surface area contributed by atoms with Crippen molar-refractivity contribution in [3.05, 3.63) is 47.4 Å². The fraction of sp³-hybridized carbons (Fsp3) is 0.462. The summed E-state index contributed by atoms with van der Waals surface area (Å²) < 4.78 is 51.5. The van der Waals surface area contributed by atoms with Crippen molar-refractivity contribution in [3.8, 4) is 17.0 Å². The monoisotopic (exact) mass is 611 g/mol. The van der Waals surface area contributed by atoms with E-state index < -0.39 is 74.7 Å². The van der Waals surface area contributed by atoms with Crippen molar-refractivity contribution < 1.29 is 47.0 Å². The highest BCUT2D eigenvalue weighted by atomic mass is 32.1. The van der Waals surface area contributed by atoms with Gasteiger partial charge < -0.3 is 19.1 Å². The number of aromatic nitrogens is 1. The van der Waals surface area contributed by atoms with Crippen LogP contribution in [0.5, 0.6) is 5.75 Å². The number of ketones is 1. The number of aliphatic hydroxyl groups excluding tert-OH is 1. The van der Waals surface area contributed by atoms with Gasteiger partial charge in [0.25, 0.3) is 0 Å². The molecule has 1 saturated heterocycles. The summed E-state index contributed by atoms with van der Waals surface area (Å²) in [6, 6.07) is 5.33. The number of allylic oxidation sites excluding steroid dienone is 1. The molecule has 12 nitrogen and oxygen atoms in total. The lowest BCUT2D eigenvalue weighted by Crippen LogP contribution is -2.51. The number of thiazole rings is 1. The molecule has 0 spiro atoms. The second-order valence-corrected chi connectivity index (χ2v) is 12.4. The molecule has 4 rings (SSSR count). The molecule has 2 N–H and O–H groups in total. The number of esters is 1. The van der Waals surface area contributed by atoms with Crippen LogP contribution in [0.4, 0.5) is 4.39 Å². The number of alkyl halides is 1. The molecule has 41 heavy (non-hydrogen) atoms. The van der Waals surface area contributed by atoms with E-state index in [9.17, 15) is 24.1 Å². The van der Waals surface area contributed by atoms with Crippen LogP contribution in [0.2, 0.25) is 0 Å². The molecule has 15 heteroatoms. The lowest BCUT2D eigenvalue weighted by Gasteiger charge is -2.32. The average molecular weight is 612 g/mol. The smallest absolute Gasteiger partial charge is 0.459 e. The summed E-state index contributed by atoms with van der Waals surface area (Å²) in [6.45, 7) is 5.11. The van der Waals surface area contributed by atoms with Gasteiger partial charge >= 0.3 is 13.7 Å². The van der Waals surface area contributed by atoms with E-state index in [1.807, 2.05) is 5.38 Å². The molecule has 6 atom stereocenters. The Bertz CT molecular complexity index is 1340. The maximum atomic E-state index is 15.6. The highest BCUT2D eigenvalue weighted by Gasteiger charge is 2.57. The predicted octanol–water partition coefficient (Wildman–Crippen LogP) is 3.37. The number of benzene rings is 1. The first-order valence-electron chi connectivity index (χ1n) is 12.7. The van der Waals surface area contributed by atoms with Gasteiger partial charge in [-0.15, -0.1) is 11.3 Å². The van der Waals surface area contributed by atoms with Crippen LogP contribution in [-0.2, 0) is 32.9 Å². The molecule has 1 aromatic carbocycles. The van der Waals surface area contributed by atoms with Crippen molar-refractivity contribution in [1.29, 1.82) is 0 Å². The van der Waals surface area contributed by atoms with E-state index in [0.29, 0.717) is 0 Å². The molecule has 0 saturated carbocycles. The van der Waals surface area contributed by atoms with Crippen LogP contribution in [-0.4, -0.2) is 75.5 Å². The Hall–Kier alpha value is -3.00. The van der Waals surface area contributed by atoms with Gasteiger partial charge in [-0.05, 0) is 58.0 Å². The summed E-state index contributed by atoms with van der Waals surface area (Å²) in [4.78, 5) is 41.4. The van der Waals surface area contributed by atoms with Crippen molar-refractivity contribution in [2.75, 3.05) is 6.61 Å². The molecular weight excluding hydrogens is 580 g/mol. The number of hydrogen-bond donors (Lipinski definition) is 2. The Kier molecular flexibility index (Phi) is 9.42. The number of amides is 1. The number of nitrogens with one attached hydrogen (secondary N) is 1. The molecule has 2 aliphatic heterocycles. The van der Waals surface area contributed by atoms with Gasteiger partial charge in [-0.25, -0.2) is 13.9 Å². The lowest BCUT2D eigenvalue weighted by molar-refractivity contribution is -0.150. The molecule has 2 aromatic rings. The first-order chi connectivity index (χ1) is 19.3. The summed E-state index contributed by atoms with van der Waals surface area (Å²) in [6.07, 6.45) is -3.47. The van der Waals surface area contributed by atoms with Crippen molar-refractivity contribution in [2.24, 2.45) is 0 Å². The van der Waals surface area contributed by atoms with Gasteiger partial charge in [-0.2, -0.15) is 5.09 Å². The van der Waals surface area contributed by atoms with Gasteiger partial charge in [0.15, 0.2) is 17.7 Å². The van der Waals surface area contributed by atoms with Gasteiger partial charge in [0, 0.05) is 17.1 Å². The van der Waals surface area contributed by atoms with Crippen LogP contribution in [0.3, 0.4) is 0 Å².